The van der Waals surface area contributed by atoms with Gasteiger partial charge in [0.1, 0.15) is 13.1 Å². The molecule has 3 nitrogen and oxygen atoms in total. The van der Waals surface area contributed by atoms with Crippen LogP contribution in [0.4, 0.5) is 0 Å². The van der Waals surface area contributed by atoms with Crippen LogP contribution in [0.1, 0.15) is 96.8 Å². The number of hydrogen-bond acceptors (Lipinski definition) is 1. The first kappa shape index (κ1) is 26.9. The summed E-state index contributed by atoms with van der Waals surface area (Å²) in [5.41, 5.74) is 0. The van der Waals surface area contributed by atoms with E-state index in [1.54, 1.807) is 0 Å². The third-order valence-electron chi connectivity index (χ3n) is 5.58. The SMILES string of the molecule is CCCCCCCCCCCCCCCC[N+](C)(C)CC(O)C[N+](C)(C)C. The fourth-order valence-corrected chi connectivity index (χ4v) is 4.09. The van der Waals surface area contributed by atoms with Crippen molar-refractivity contribution in [1.29, 1.82) is 0 Å². The predicted molar refractivity (Wildman–Crippen MR) is 121 cm³/mol. The Balaban J connectivity index is 3.45. The molecular weight excluding hydrogens is 332 g/mol. The third kappa shape index (κ3) is 20.4. The van der Waals surface area contributed by atoms with Crippen LogP contribution in [-0.4, -0.2) is 75.0 Å². The molecule has 0 aliphatic heterocycles. The number of hydrogen-bond donors (Lipinski definition) is 1. The van der Waals surface area contributed by atoms with E-state index < -0.39 is 0 Å². The van der Waals surface area contributed by atoms with E-state index in [4.69, 9.17) is 0 Å². The second-order valence-electron chi connectivity index (χ2n) is 10.6. The zero-order valence-corrected chi connectivity index (χ0v) is 19.9. The van der Waals surface area contributed by atoms with Gasteiger partial charge in [-0.2, -0.15) is 0 Å². The molecule has 0 amide bonds. The van der Waals surface area contributed by atoms with E-state index in [1.807, 2.05) is 0 Å². The second kappa shape index (κ2) is 15.8. The minimum absolute atomic E-state index is 0.202. The van der Waals surface area contributed by atoms with Gasteiger partial charge >= 0.3 is 0 Å². The van der Waals surface area contributed by atoms with E-state index in [0.29, 0.717) is 0 Å². The highest BCUT2D eigenvalue weighted by Gasteiger charge is 2.24. The van der Waals surface area contributed by atoms with Crippen LogP contribution in [0.25, 0.3) is 0 Å². The highest BCUT2D eigenvalue weighted by Crippen LogP contribution is 2.14. The molecule has 164 valence electrons. The lowest BCUT2D eigenvalue weighted by atomic mass is 10.0. The van der Waals surface area contributed by atoms with Gasteiger partial charge < -0.3 is 14.1 Å². The molecule has 1 atom stereocenters. The molecule has 0 aromatic carbocycles. The molecule has 0 rings (SSSR count). The van der Waals surface area contributed by atoms with Crippen LogP contribution in [0.2, 0.25) is 0 Å². The molecule has 0 saturated heterocycles. The molecule has 0 spiro atoms. The Morgan fingerprint density at radius 3 is 1.30 bits per heavy atom. The summed E-state index contributed by atoms with van der Waals surface area (Å²) in [7, 11) is 11.0. The maximum atomic E-state index is 10.3. The monoisotopic (exact) mass is 386 g/mol. The molecule has 0 fully saturated rings. The Morgan fingerprint density at radius 2 is 0.926 bits per heavy atom. The maximum absolute atomic E-state index is 10.3. The predicted octanol–water partition coefficient (Wildman–Crippen LogP) is 5.61. The molecule has 1 unspecified atom stereocenters. The summed E-state index contributed by atoms with van der Waals surface area (Å²) in [5, 5.41) is 10.3. The number of nitrogens with zero attached hydrogens (tertiary/aromatic N) is 2. The Bertz CT molecular complexity index is 323. The Morgan fingerprint density at radius 1 is 0.556 bits per heavy atom. The van der Waals surface area contributed by atoms with Gasteiger partial charge in [-0.05, 0) is 12.8 Å². The zero-order valence-electron chi connectivity index (χ0n) is 19.9. The Labute approximate surface area is 172 Å². The van der Waals surface area contributed by atoms with Crippen LogP contribution in [0.5, 0.6) is 0 Å². The first-order valence-electron chi connectivity index (χ1n) is 12.0. The number of unbranched alkanes of at least 4 members (excludes halogenated alkanes) is 13. The van der Waals surface area contributed by atoms with Gasteiger partial charge in [-0.3, -0.25) is 0 Å². The minimum atomic E-state index is -0.202. The molecule has 0 bridgehead atoms. The summed E-state index contributed by atoms with van der Waals surface area (Å²) in [6.45, 7) is 5.18. The van der Waals surface area contributed by atoms with Crippen molar-refractivity contribution in [2.75, 3.05) is 54.9 Å². The molecular formula is C24H54N2O+2. The highest BCUT2D eigenvalue weighted by molar-refractivity contribution is 4.53. The summed E-state index contributed by atoms with van der Waals surface area (Å²) in [6, 6.07) is 0. The number of likely N-dealkylation sites (N-methyl/N-ethyl adjacent to an activating group) is 2. The normalized spacial score (nSPS) is 13.9. The first-order valence-corrected chi connectivity index (χ1v) is 12.0. The molecule has 0 heterocycles. The topological polar surface area (TPSA) is 20.2 Å². The number of aliphatic hydroxyl groups excluding tert-OH is 1. The molecule has 27 heavy (non-hydrogen) atoms. The van der Waals surface area contributed by atoms with Crippen molar-refractivity contribution in [2.45, 2.75) is 103 Å². The van der Waals surface area contributed by atoms with E-state index in [9.17, 15) is 5.11 Å². The van der Waals surface area contributed by atoms with E-state index in [1.165, 1.54) is 96.4 Å². The summed E-state index contributed by atoms with van der Waals surface area (Å²) in [6.07, 6.45) is 19.6. The zero-order chi connectivity index (χ0) is 20.6. The molecule has 0 aromatic rings. The summed E-state index contributed by atoms with van der Waals surface area (Å²) >= 11 is 0. The summed E-state index contributed by atoms with van der Waals surface area (Å²) < 4.78 is 1.78. The molecule has 0 aliphatic rings. The van der Waals surface area contributed by atoms with Crippen LogP contribution < -0.4 is 0 Å². The minimum Gasteiger partial charge on any atom is -0.382 e. The smallest absolute Gasteiger partial charge is 0.152 e. The molecule has 1 N–H and O–H groups in total. The van der Waals surface area contributed by atoms with Gasteiger partial charge in [-0.1, -0.05) is 84.0 Å². The van der Waals surface area contributed by atoms with Crippen LogP contribution in [-0.2, 0) is 0 Å². The van der Waals surface area contributed by atoms with Gasteiger partial charge in [-0.25, -0.2) is 0 Å². The van der Waals surface area contributed by atoms with Crippen LogP contribution in [0.15, 0.2) is 0 Å². The standard InChI is InChI=1S/C24H54N2O/c1-7-8-9-10-11-12-13-14-15-16-17-18-19-20-21-26(5,6)23-24(27)22-25(2,3)4/h24,27H,7-23H2,1-6H3/q+2. The van der Waals surface area contributed by atoms with Gasteiger partial charge in [0.15, 0.2) is 6.10 Å². The Kier molecular flexibility index (Phi) is 15.7. The quantitative estimate of drug-likeness (QED) is 0.226. The van der Waals surface area contributed by atoms with Crippen molar-refractivity contribution in [3.63, 3.8) is 0 Å². The van der Waals surface area contributed by atoms with Gasteiger partial charge in [0.25, 0.3) is 0 Å². The Hall–Kier alpha value is -0.120. The van der Waals surface area contributed by atoms with Crippen molar-refractivity contribution in [3.05, 3.63) is 0 Å². The van der Waals surface area contributed by atoms with Crippen LogP contribution in [0, 0.1) is 0 Å². The molecule has 0 aromatic heterocycles. The van der Waals surface area contributed by atoms with Crippen molar-refractivity contribution in [1.82, 2.24) is 0 Å². The van der Waals surface area contributed by atoms with Gasteiger partial charge in [-0.15, -0.1) is 0 Å². The average Bonchev–Trinajstić information content (AvgIpc) is 2.52. The van der Waals surface area contributed by atoms with Gasteiger partial charge in [0.2, 0.25) is 0 Å². The molecule has 0 radical (unpaired) electrons. The fraction of sp³-hybridized carbons (Fsp3) is 1.00. The third-order valence-corrected chi connectivity index (χ3v) is 5.58. The van der Waals surface area contributed by atoms with E-state index >= 15 is 0 Å². The number of aliphatic hydroxyl groups is 1. The maximum Gasteiger partial charge on any atom is 0.152 e. The summed E-state index contributed by atoms with van der Waals surface area (Å²) in [4.78, 5) is 0. The number of quaternary nitrogens is 2. The van der Waals surface area contributed by atoms with Crippen molar-refractivity contribution < 1.29 is 14.1 Å². The molecule has 3 heteroatoms. The van der Waals surface area contributed by atoms with Crippen molar-refractivity contribution in [3.8, 4) is 0 Å². The molecule has 0 saturated carbocycles. The van der Waals surface area contributed by atoms with E-state index in [2.05, 4.69) is 42.2 Å². The van der Waals surface area contributed by atoms with Crippen molar-refractivity contribution in [2.24, 2.45) is 0 Å². The van der Waals surface area contributed by atoms with Crippen LogP contribution >= 0.6 is 0 Å². The largest absolute Gasteiger partial charge is 0.382 e. The fourth-order valence-electron chi connectivity index (χ4n) is 4.09. The number of rotatable bonds is 19. The van der Waals surface area contributed by atoms with Crippen LogP contribution in [0.3, 0.4) is 0 Å². The van der Waals surface area contributed by atoms with Gasteiger partial charge in [0.05, 0.1) is 41.8 Å². The highest BCUT2D eigenvalue weighted by atomic mass is 16.3. The van der Waals surface area contributed by atoms with Gasteiger partial charge in [0, 0.05) is 0 Å². The lowest BCUT2D eigenvalue weighted by Gasteiger charge is -2.34. The lowest BCUT2D eigenvalue weighted by molar-refractivity contribution is -0.907. The lowest BCUT2D eigenvalue weighted by Crippen LogP contribution is -2.51. The summed E-state index contributed by atoms with van der Waals surface area (Å²) in [5.74, 6) is 0. The molecule has 0 aliphatic carbocycles. The van der Waals surface area contributed by atoms with E-state index in [0.717, 1.165) is 22.1 Å². The first-order chi connectivity index (χ1) is 12.7. The second-order valence-corrected chi connectivity index (χ2v) is 10.6. The van der Waals surface area contributed by atoms with Crippen molar-refractivity contribution >= 4 is 0 Å². The average molecular weight is 387 g/mol. The van der Waals surface area contributed by atoms with E-state index in [-0.39, 0.29) is 6.10 Å².